The van der Waals surface area contributed by atoms with Crippen LogP contribution in [-0.2, 0) is 11.2 Å². The normalized spacial score (nSPS) is 17.2. The number of amides is 1. The molecule has 0 radical (unpaired) electrons. The lowest BCUT2D eigenvalue weighted by molar-refractivity contribution is -0.123. The van der Waals surface area contributed by atoms with E-state index in [4.69, 9.17) is 0 Å². The van der Waals surface area contributed by atoms with E-state index in [0.29, 0.717) is 6.42 Å². The van der Waals surface area contributed by atoms with Gasteiger partial charge >= 0.3 is 0 Å². The molecule has 1 saturated carbocycles. The van der Waals surface area contributed by atoms with Gasteiger partial charge in [-0.3, -0.25) is 4.79 Å². The van der Waals surface area contributed by atoms with Crippen molar-refractivity contribution in [3.05, 3.63) is 35.9 Å². The van der Waals surface area contributed by atoms with Gasteiger partial charge in [-0.2, -0.15) is 0 Å². The first-order valence-electron chi connectivity index (χ1n) is 6.15. The molecule has 1 aliphatic carbocycles. The van der Waals surface area contributed by atoms with Gasteiger partial charge in [0.05, 0.1) is 0 Å². The third-order valence-corrected chi connectivity index (χ3v) is 4.53. The highest BCUT2D eigenvalue weighted by molar-refractivity contribution is 9.09. The van der Waals surface area contributed by atoms with Crippen LogP contribution in [0.25, 0.3) is 0 Å². The zero-order valence-electron chi connectivity index (χ0n) is 9.92. The van der Waals surface area contributed by atoms with Gasteiger partial charge in [0.15, 0.2) is 0 Å². The quantitative estimate of drug-likeness (QED) is 0.831. The molecule has 0 saturated heterocycles. The summed E-state index contributed by atoms with van der Waals surface area (Å²) in [5.41, 5.74) is 1.28. The van der Waals surface area contributed by atoms with Crippen LogP contribution >= 0.6 is 15.9 Å². The number of nitrogens with one attached hydrogen (secondary N) is 1. The number of hydrogen-bond donors (Lipinski definition) is 1. The van der Waals surface area contributed by atoms with Gasteiger partial charge < -0.3 is 5.32 Å². The first-order chi connectivity index (χ1) is 8.24. The fourth-order valence-electron chi connectivity index (χ4n) is 2.16. The summed E-state index contributed by atoms with van der Waals surface area (Å²) in [5, 5.41) is 4.04. The molecule has 3 heteroatoms. The number of halogens is 1. The summed E-state index contributed by atoms with van der Waals surface area (Å²) in [7, 11) is 0. The van der Waals surface area contributed by atoms with E-state index in [1.54, 1.807) is 0 Å². The van der Waals surface area contributed by atoms with E-state index in [1.807, 2.05) is 18.2 Å². The molecule has 1 aliphatic rings. The highest BCUT2D eigenvalue weighted by Gasteiger charge is 2.36. The average molecular weight is 296 g/mol. The molecule has 0 aromatic heterocycles. The Hall–Kier alpha value is -0.830. The lowest BCUT2D eigenvalue weighted by atomic mass is 9.78. The molecule has 0 bridgehead atoms. The Morgan fingerprint density at radius 2 is 2.00 bits per heavy atom. The van der Waals surface area contributed by atoms with Gasteiger partial charge in [0.25, 0.3) is 0 Å². The molecule has 0 spiro atoms. The average Bonchev–Trinajstić information content (AvgIpc) is 2.33. The maximum Gasteiger partial charge on any atom is 0.220 e. The molecule has 1 aromatic carbocycles. The van der Waals surface area contributed by atoms with Crippen LogP contribution in [0.15, 0.2) is 30.3 Å². The predicted molar refractivity (Wildman–Crippen MR) is 73.3 cm³/mol. The number of benzene rings is 1. The summed E-state index contributed by atoms with van der Waals surface area (Å²) in [6.07, 6.45) is 4.85. The fourth-order valence-corrected chi connectivity index (χ4v) is 2.86. The number of carbonyl (C=O) groups excluding carboxylic acids is 1. The molecule has 1 amide bonds. The summed E-state index contributed by atoms with van der Waals surface area (Å²) in [6, 6.07) is 10.2. The molecular weight excluding hydrogens is 278 g/mol. The standard InChI is InChI=1S/C14H18BrNO/c15-11-14(9-4-10-14)16-13(17)8-7-12-5-2-1-3-6-12/h1-3,5-6H,4,7-11H2,(H,16,17). The zero-order chi connectivity index (χ0) is 12.1. The summed E-state index contributed by atoms with van der Waals surface area (Å²) in [6.45, 7) is 0. The van der Waals surface area contributed by atoms with Crippen LogP contribution in [0.5, 0.6) is 0 Å². The van der Waals surface area contributed by atoms with Crippen molar-refractivity contribution in [3.8, 4) is 0 Å². The molecule has 2 rings (SSSR count). The zero-order valence-corrected chi connectivity index (χ0v) is 11.5. The van der Waals surface area contributed by atoms with E-state index >= 15 is 0 Å². The van der Waals surface area contributed by atoms with Crippen molar-refractivity contribution < 1.29 is 4.79 Å². The van der Waals surface area contributed by atoms with E-state index in [2.05, 4.69) is 33.4 Å². The highest BCUT2D eigenvalue weighted by Crippen LogP contribution is 2.33. The summed E-state index contributed by atoms with van der Waals surface area (Å²) in [5.74, 6) is 0.174. The van der Waals surface area contributed by atoms with Crippen LogP contribution in [0.1, 0.15) is 31.2 Å². The largest absolute Gasteiger partial charge is 0.350 e. The number of hydrogen-bond acceptors (Lipinski definition) is 1. The second kappa shape index (κ2) is 5.67. The minimum absolute atomic E-state index is 0.0494. The van der Waals surface area contributed by atoms with E-state index < -0.39 is 0 Å². The second-order valence-corrected chi connectivity index (χ2v) is 5.36. The van der Waals surface area contributed by atoms with Gasteiger partial charge in [0, 0.05) is 17.3 Å². The van der Waals surface area contributed by atoms with Crippen molar-refractivity contribution in [2.45, 2.75) is 37.6 Å². The Balaban J connectivity index is 1.78. The van der Waals surface area contributed by atoms with Gasteiger partial charge in [-0.05, 0) is 31.2 Å². The van der Waals surface area contributed by atoms with Crippen molar-refractivity contribution >= 4 is 21.8 Å². The van der Waals surface area contributed by atoms with Gasteiger partial charge in [0.2, 0.25) is 5.91 Å². The van der Waals surface area contributed by atoms with E-state index in [1.165, 1.54) is 12.0 Å². The molecule has 92 valence electrons. The SMILES string of the molecule is O=C(CCc1ccccc1)NC1(CBr)CCC1. The second-order valence-electron chi connectivity index (χ2n) is 4.80. The number of rotatable bonds is 5. The van der Waals surface area contributed by atoms with Crippen molar-refractivity contribution in [1.29, 1.82) is 0 Å². The molecular formula is C14H18BrNO. The van der Waals surface area contributed by atoms with Gasteiger partial charge in [-0.25, -0.2) is 0 Å². The van der Waals surface area contributed by atoms with Crippen LogP contribution < -0.4 is 5.32 Å². The first kappa shape index (κ1) is 12.6. The Morgan fingerprint density at radius 3 is 2.53 bits per heavy atom. The van der Waals surface area contributed by atoms with Crippen LogP contribution in [0.3, 0.4) is 0 Å². The Bertz CT molecular complexity index is 368. The molecule has 0 unspecified atom stereocenters. The Kier molecular flexibility index (Phi) is 4.21. The lowest BCUT2D eigenvalue weighted by Gasteiger charge is -2.41. The molecule has 1 N–H and O–H groups in total. The van der Waals surface area contributed by atoms with Gasteiger partial charge in [-0.1, -0.05) is 46.3 Å². The highest BCUT2D eigenvalue weighted by atomic mass is 79.9. The third kappa shape index (κ3) is 3.32. The summed E-state index contributed by atoms with van der Waals surface area (Å²) in [4.78, 5) is 11.9. The van der Waals surface area contributed by atoms with Crippen molar-refractivity contribution in [2.75, 3.05) is 5.33 Å². The fraction of sp³-hybridized carbons (Fsp3) is 0.500. The monoisotopic (exact) mass is 295 g/mol. The van der Waals surface area contributed by atoms with E-state index in [-0.39, 0.29) is 11.4 Å². The third-order valence-electron chi connectivity index (χ3n) is 3.45. The van der Waals surface area contributed by atoms with Crippen LogP contribution in [0.2, 0.25) is 0 Å². The molecule has 17 heavy (non-hydrogen) atoms. The minimum atomic E-state index is 0.0494. The molecule has 2 nitrogen and oxygen atoms in total. The topological polar surface area (TPSA) is 29.1 Å². The number of alkyl halides is 1. The van der Waals surface area contributed by atoms with Crippen LogP contribution in [-0.4, -0.2) is 16.8 Å². The maximum atomic E-state index is 11.9. The predicted octanol–water partition coefficient (Wildman–Crippen LogP) is 3.05. The minimum Gasteiger partial charge on any atom is -0.350 e. The molecule has 1 fully saturated rings. The van der Waals surface area contributed by atoms with Crippen LogP contribution in [0.4, 0.5) is 0 Å². The van der Waals surface area contributed by atoms with Crippen molar-refractivity contribution in [2.24, 2.45) is 0 Å². The lowest BCUT2D eigenvalue weighted by Crippen LogP contribution is -2.54. The van der Waals surface area contributed by atoms with Crippen molar-refractivity contribution in [3.63, 3.8) is 0 Å². The molecule has 0 heterocycles. The van der Waals surface area contributed by atoms with Crippen molar-refractivity contribution in [1.82, 2.24) is 5.32 Å². The van der Waals surface area contributed by atoms with E-state index in [0.717, 1.165) is 24.6 Å². The summed E-state index contributed by atoms with van der Waals surface area (Å²) >= 11 is 3.49. The van der Waals surface area contributed by atoms with Gasteiger partial charge in [-0.15, -0.1) is 0 Å². The number of aryl methyl sites for hydroxylation is 1. The Labute approximate surface area is 111 Å². The summed E-state index contributed by atoms with van der Waals surface area (Å²) < 4.78 is 0. The maximum absolute atomic E-state index is 11.9. The number of carbonyl (C=O) groups is 1. The smallest absolute Gasteiger partial charge is 0.220 e. The first-order valence-corrected chi connectivity index (χ1v) is 7.27. The van der Waals surface area contributed by atoms with Gasteiger partial charge in [0.1, 0.15) is 0 Å². The van der Waals surface area contributed by atoms with E-state index in [9.17, 15) is 4.79 Å². The molecule has 0 aliphatic heterocycles. The molecule has 0 atom stereocenters. The Morgan fingerprint density at radius 1 is 1.29 bits per heavy atom. The van der Waals surface area contributed by atoms with Crippen LogP contribution in [0, 0.1) is 0 Å². The molecule has 1 aromatic rings.